The summed E-state index contributed by atoms with van der Waals surface area (Å²) in [6.07, 6.45) is 8.29. The first-order chi connectivity index (χ1) is 16.9. The van der Waals surface area contributed by atoms with E-state index in [1.54, 1.807) is 7.11 Å². The fraction of sp³-hybridized carbons (Fsp3) is 0.433. The lowest BCUT2D eigenvalue weighted by Crippen LogP contribution is -2.20. The van der Waals surface area contributed by atoms with Gasteiger partial charge in [-0.2, -0.15) is 0 Å². The van der Waals surface area contributed by atoms with E-state index in [1.807, 2.05) is 32.3 Å². The number of anilines is 1. The fourth-order valence-corrected chi connectivity index (χ4v) is 5.05. The van der Waals surface area contributed by atoms with Crippen LogP contribution in [0.4, 0.5) is 5.69 Å². The number of methoxy groups -OCH3 is 1. The molecule has 2 aliphatic rings. The van der Waals surface area contributed by atoms with Crippen LogP contribution in [-0.4, -0.2) is 45.2 Å². The van der Waals surface area contributed by atoms with Crippen LogP contribution in [0.3, 0.4) is 0 Å². The predicted molar refractivity (Wildman–Crippen MR) is 142 cm³/mol. The van der Waals surface area contributed by atoms with Gasteiger partial charge in [-0.1, -0.05) is 35.9 Å². The summed E-state index contributed by atoms with van der Waals surface area (Å²) in [6, 6.07) is 14.5. The highest BCUT2D eigenvalue weighted by Gasteiger charge is 2.26. The van der Waals surface area contributed by atoms with Crippen molar-refractivity contribution in [3.8, 4) is 11.5 Å². The molecule has 0 saturated heterocycles. The first kappa shape index (κ1) is 25.1. The zero-order valence-corrected chi connectivity index (χ0v) is 21.5. The Bertz CT molecular complexity index is 1100. The maximum atomic E-state index is 13.4. The molecule has 5 nitrogen and oxygen atoms in total. The third-order valence-corrected chi connectivity index (χ3v) is 7.08. The number of allylic oxidation sites excluding steroid dienone is 3. The molecule has 0 aromatic heterocycles. The van der Waals surface area contributed by atoms with Crippen LogP contribution in [0.5, 0.6) is 11.5 Å². The molecule has 2 aliphatic carbocycles. The highest BCUT2D eigenvalue weighted by molar-refractivity contribution is 6.05. The molecular formula is C30H38N2O3. The van der Waals surface area contributed by atoms with Gasteiger partial charge in [-0.15, -0.1) is 0 Å². The molecule has 2 aromatic rings. The number of fused-ring (bicyclic) bond motifs is 1. The van der Waals surface area contributed by atoms with Crippen molar-refractivity contribution < 1.29 is 14.3 Å². The summed E-state index contributed by atoms with van der Waals surface area (Å²) in [5.41, 5.74) is 7.02. The van der Waals surface area contributed by atoms with Crippen molar-refractivity contribution in [2.24, 2.45) is 0 Å². The number of likely N-dealkylation sites (N-methyl/N-ethyl adjacent to an activating group) is 1. The van der Waals surface area contributed by atoms with Crippen molar-refractivity contribution in [3.05, 3.63) is 76.4 Å². The van der Waals surface area contributed by atoms with Crippen molar-refractivity contribution in [2.75, 3.05) is 39.7 Å². The average molecular weight is 475 g/mol. The Labute approximate surface area is 209 Å². The van der Waals surface area contributed by atoms with Crippen molar-refractivity contribution in [1.29, 1.82) is 0 Å². The van der Waals surface area contributed by atoms with Gasteiger partial charge in [0.1, 0.15) is 6.61 Å². The minimum absolute atomic E-state index is 0.00351. The molecule has 0 bridgehead atoms. The molecule has 186 valence electrons. The molecule has 4 rings (SSSR count). The van der Waals surface area contributed by atoms with E-state index in [9.17, 15) is 4.79 Å². The molecule has 1 amide bonds. The number of carbonyl (C=O) groups excluding carboxylic acids is 1. The Hall–Kier alpha value is -3.05. The normalized spacial score (nSPS) is 18.0. The fourth-order valence-electron chi connectivity index (χ4n) is 5.05. The summed E-state index contributed by atoms with van der Waals surface area (Å²) in [6.45, 7) is 3.48. The van der Waals surface area contributed by atoms with Crippen molar-refractivity contribution >= 4 is 11.6 Å². The Morgan fingerprint density at radius 3 is 2.54 bits per heavy atom. The standard InChI is InChI=1S/C30H38N2O3/c1-21-8-10-22(11-9-21)23-12-13-24-6-5-7-27(26(24)16-14-23)30(33)31-25-15-17-28(34-4)29(20-25)35-19-18-32(2)3/h6,8-11,15,17,20,23H,5,7,12-14,16,18-19H2,1-4H3,(H,31,33). The molecule has 0 radical (unpaired) electrons. The molecular weight excluding hydrogens is 436 g/mol. The van der Waals surface area contributed by atoms with E-state index in [-0.39, 0.29) is 5.91 Å². The Kier molecular flexibility index (Phi) is 8.29. The van der Waals surface area contributed by atoms with Crippen LogP contribution < -0.4 is 14.8 Å². The van der Waals surface area contributed by atoms with Crippen molar-refractivity contribution in [2.45, 2.75) is 51.4 Å². The summed E-state index contributed by atoms with van der Waals surface area (Å²) in [5, 5.41) is 3.14. The molecule has 1 fully saturated rings. The Balaban J connectivity index is 1.49. The molecule has 1 N–H and O–H groups in total. The number of nitrogens with one attached hydrogen (secondary N) is 1. The number of rotatable bonds is 8. The number of ether oxygens (including phenoxy) is 2. The van der Waals surface area contributed by atoms with Gasteiger partial charge in [-0.3, -0.25) is 4.79 Å². The van der Waals surface area contributed by atoms with Crippen LogP contribution in [0, 0.1) is 6.92 Å². The Morgan fingerprint density at radius 2 is 1.80 bits per heavy atom. The second kappa shape index (κ2) is 11.6. The van der Waals surface area contributed by atoms with E-state index in [4.69, 9.17) is 9.47 Å². The minimum atomic E-state index is 0.00351. The first-order valence-electron chi connectivity index (χ1n) is 12.7. The highest BCUT2D eigenvalue weighted by Crippen LogP contribution is 2.41. The number of amides is 1. The molecule has 2 aromatic carbocycles. The van der Waals surface area contributed by atoms with Gasteiger partial charge in [0, 0.05) is 23.9 Å². The number of carbonyl (C=O) groups is 1. The van der Waals surface area contributed by atoms with Gasteiger partial charge in [0.15, 0.2) is 11.5 Å². The van der Waals surface area contributed by atoms with Gasteiger partial charge in [0.25, 0.3) is 5.91 Å². The number of benzene rings is 2. The van der Waals surface area contributed by atoms with Gasteiger partial charge < -0.3 is 19.7 Å². The van der Waals surface area contributed by atoms with E-state index in [2.05, 4.69) is 47.5 Å². The third kappa shape index (κ3) is 6.34. The summed E-state index contributed by atoms with van der Waals surface area (Å²) in [7, 11) is 5.65. The van der Waals surface area contributed by atoms with Crippen LogP contribution >= 0.6 is 0 Å². The Morgan fingerprint density at radius 1 is 1.03 bits per heavy atom. The lowest BCUT2D eigenvalue weighted by Gasteiger charge is -2.20. The molecule has 1 saturated carbocycles. The molecule has 35 heavy (non-hydrogen) atoms. The maximum absolute atomic E-state index is 13.4. The van der Waals surface area contributed by atoms with E-state index in [1.165, 1.54) is 22.3 Å². The average Bonchev–Trinajstić information content (AvgIpc) is 3.07. The lowest BCUT2D eigenvalue weighted by atomic mass is 9.87. The maximum Gasteiger partial charge on any atom is 0.251 e. The smallest absolute Gasteiger partial charge is 0.251 e. The number of hydrogen-bond donors (Lipinski definition) is 1. The van der Waals surface area contributed by atoms with Gasteiger partial charge in [0.2, 0.25) is 0 Å². The van der Waals surface area contributed by atoms with Crippen LogP contribution in [0.2, 0.25) is 0 Å². The summed E-state index contributed by atoms with van der Waals surface area (Å²) in [4.78, 5) is 15.5. The summed E-state index contributed by atoms with van der Waals surface area (Å²) < 4.78 is 11.4. The molecule has 0 aliphatic heterocycles. The van der Waals surface area contributed by atoms with Gasteiger partial charge in [-0.25, -0.2) is 0 Å². The van der Waals surface area contributed by atoms with Crippen molar-refractivity contribution in [3.63, 3.8) is 0 Å². The van der Waals surface area contributed by atoms with Crippen LogP contribution in [0.15, 0.2) is 65.3 Å². The largest absolute Gasteiger partial charge is 0.493 e. The third-order valence-electron chi connectivity index (χ3n) is 7.08. The molecule has 5 heteroatoms. The highest BCUT2D eigenvalue weighted by atomic mass is 16.5. The van der Waals surface area contributed by atoms with Crippen LogP contribution in [0.25, 0.3) is 0 Å². The summed E-state index contributed by atoms with van der Waals surface area (Å²) in [5.74, 6) is 1.85. The van der Waals surface area contributed by atoms with E-state index < -0.39 is 0 Å². The van der Waals surface area contributed by atoms with Crippen LogP contribution in [-0.2, 0) is 4.79 Å². The second-order valence-corrected chi connectivity index (χ2v) is 9.88. The van der Waals surface area contributed by atoms with Gasteiger partial charge in [0.05, 0.1) is 7.11 Å². The molecule has 1 atom stereocenters. The van der Waals surface area contributed by atoms with Crippen molar-refractivity contribution in [1.82, 2.24) is 4.90 Å². The zero-order chi connectivity index (χ0) is 24.8. The molecule has 0 spiro atoms. The molecule has 0 heterocycles. The minimum Gasteiger partial charge on any atom is -0.493 e. The van der Waals surface area contributed by atoms with Gasteiger partial charge in [-0.05, 0) is 94.3 Å². The van der Waals surface area contributed by atoms with Gasteiger partial charge >= 0.3 is 0 Å². The number of aryl methyl sites for hydroxylation is 1. The topological polar surface area (TPSA) is 50.8 Å². The first-order valence-corrected chi connectivity index (χ1v) is 12.7. The lowest BCUT2D eigenvalue weighted by molar-refractivity contribution is -0.113. The summed E-state index contributed by atoms with van der Waals surface area (Å²) >= 11 is 0. The molecule has 1 unspecified atom stereocenters. The van der Waals surface area contributed by atoms with E-state index in [0.717, 1.165) is 56.3 Å². The zero-order valence-electron chi connectivity index (χ0n) is 21.5. The van der Waals surface area contributed by atoms with Crippen LogP contribution in [0.1, 0.15) is 55.6 Å². The van der Waals surface area contributed by atoms with E-state index >= 15 is 0 Å². The number of hydrogen-bond acceptors (Lipinski definition) is 4. The monoisotopic (exact) mass is 474 g/mol. The predicted octanol–water partition coefficient (Wildman–Crippen LogP) is 6.26. The second-order valence-electron chi connectivity index (χ2n) is 9.88. The van der Waals surface area contributed by atoms with E-state index in [0.29, 0.717) is 24.0 Å². The quantitative estimate of drug-likeness (QED) is 0.491. The SMILES string of the molecule is COc1ccc(NC(=O)C2=C3CCC(c4ccc(C)cc4)CCC3=CCC2)cc1OCCN(C)C. The number of nitrogens with zero attached hydrogens (tertiary/aromatic N) is 1.